The minimum Gasteiger partial charge on any atom is -0.353 e. The first-order valence-electron chi connectivity index (χ1n) is 5.55. The van der Waals surface area contributed by atoms with Crippen molar-refractivity contribution in [2.45, 2.75) is 6.42 Å². The Morgan fingerprint density at radius 3 is 2.20 bits per heavy atom. The molecule has 0 fully saturated rings. The van der Waals surface area contributed by atoms with Gasteiger partial charge in [-0.3, -0.25) is 4.79 Å². The van der Waals surface area contributed by atoms with Crippen LogP contribution in [0.1, 0.15) is 5.56 Å². The van der Waals surface area contributed by atoms with Crippen LogP contribution in [0, 0.1) is 0 Å². The molecule has 0 aromatic heterocycles. The van der Waals surface area contributed by atoms with Crippen molar-refractivity contribution in [1.82, 2.24) is 0 Å². The summed E-state index contributed by atoms with van der Waals surface area (Å²) in [5.74, 6) is 0. The maximum absolute atomic E-state index is 11.0. The Morgan fingerprint density at radius 2 is 1.60 bits per heavy atom. The van der Waals surface area contributed by atoms with Crippen molar-refractivity contribution in [2.24, 2.45) is 0 Å². The number of anilines is 2. The summed E-state index contributed by atoms with van der Waals surface area (Å²) < 4.78 is 0. The minimum absolute atomic E-state index is 0. The molecule has 0 aliphatic heterocycles. The maximum Gasteiger partial charge on any atom is 0.226 e. The molecule has 0 spiro atoms. The molecule has 2 nitrogen and oxygen atoms in total. The number of hydrogen-bond donors (Lipinski definition) is 1. The fraction of sp³-hybridized carbons (Fsp3) is 0.0714. The molecule has 20 heavy (non-hydrogen) atoms. The monoisotopic (exact) mass is 349 g/mol. The van der Waals surface area contributed by atoms with E-state index in [0.29, 0.717) is 15.7 Å². The first kappa shape index (κ1) is 17.1. The molecular weight excluding hydrogens is 340 g/mol. The zero-order valence-electron chi connectivity index (χ0n) is 10.2. The molecule has 6 heteroatoms. The van der Waals surface area contributed by atoms with Crippen LogP contribution < -0.4 is 5.32 Å². The number of carbonyl (C=O) groups is 1. The molecular formula is C14H11Cl4NO. The standard InChI is InChI=1S/C14H10Cl3NO.ClH/c15-10-5-3-6-11(16)14(10)18-12-7-2-1-4-9(12)8-13(17)19;/h1-7,18H,8H2;1H. The van der Waals surface area contributed by atoms with Crippen LogP contribution in [0.2, 0.25) is 10.0 Å². The highest BCUT2D eigenvalue weighted by molar-refractivity contribution is 6.63. The molecule has 0 radical (unpaired) electrons. The lowest BCUT2D eigenvalue weighted by Gasteiger charge is -2.13. The molecule has 106 valence electrons. The molecule has 1 N–H and O–H groups in total. The molecule has 0 bridgehead atoms. The van der Waals surface area contributed by atoms with Crippen molar-refractivity contribution in [1.29, 1.82) is 0 Å². The van der Waals surface area contributed by atoms with E-state index in [1.165, 1.54) is 0 Å². The van der Waals surface area contributed by atoms with Gasteiger partial charge in [0.2, 0.25) is 5.24 Å². The molecule has 0 aliphatic rings. The Kier molecular flexibility index (Phi) is 6.63. The molecule has 2 aromatic rings. The van der Waals surface area contributed by atoms with Gasteiger partial charge in [-0.15, -0.1) is 12.4 Å². The Bertz CT molecular complexity index is 596. The molecule has 0 saturated heterocycles. The third-order valence-electron chi connectivity index (χ3n) is 2.57. The maximum atomic E-state index is 11.0. The van der Waals surface area contributed by atoms with Crippen molar-refractivity contribution in [3.63, 3.8) is 0 Å². The van der Waals surface area contributed by atoms with E-state index >= 15 is 0 Å². The molecule has 0 aliphatic carbocycles. The zero-order chi connectivity index (χ0) is 13.8. The summed E-state index contributed by atoms with van der Waals surface area (Å²) >= 11 is 17.6. The van der Waals surface area contributed by atoms with Crippen LogP contribution in [0.25, 0.3) is 0 Å². The van der Waals surface area contributed by atoms with E-state index in [1.54, 1.807) is 18.2 Å². The Labute approximate surface area is 138 Å². The second-order valence-electron chi connectivity index (χ2n) is 3.91. The molecule has 0 atom stereocenters. The van der Waals surface area contributed by atoms with E-state index < -0.39 is 5.24 Å². The van der Waals surface area contributed by atoms with Crippen molar-refractivity contribution >= 4 is 63.8 Å². The second-order valence-corrected chi connectivity index (χ2v) is 5.15. The van der Waals surface area contributed by atoms with Crippen LogP contribution in [-0.4, -0.2) is 5.24 Å². The van der Waals surface area contributed by atoms with Crippen LogP contribution in [-0.2, 0) is 11.2 Å². The van der Waals surface area contributed by atoms with E-state index in [9.17, 15) is 4.79 Å². The van der Waals surface area contributed by atoms with Crippen LogP contribution in [0.5, 0.6) is 0 Å². The molecule has 0 unspecified atom stereocenters. The van der Waals surface area contributed by atoms with E-state index in [4.69, 9.17) is 34.8 Å². The molecule has 0 saturated carbocycles. The van der Waals surface area contributed by atoms with Gasteiger partial charge in [0.15, 0.2) is 0 Å². The number of halogens is 4. The van der Waals surface area contributed by atoms with Gasteiger partial charge < -0.3 is 5.32 Å². The van der Waals surface area contributed by atoms with E-state index in [2.05, 4.69) is 5.32 Å². The lowest BCUT2D eigenvalue weighted by Crippen LogP contribution is -2.00. The molecule has 2 aromatic carbocycles. The largest absolute Gasteiger partial charge is 0.353 e. The van der Waals surface area contributed by atoms with Crippen molar-refractivity contribution < 1.29 is 4.79 Å². The van der Waals surface area contributed by atoms with Gasteiger partial charge in [-0.25, -0.2) is 0 Å². The summed E-state index contributed by atoms with van der Waals surface area (Å²) in [7, 11) is 0. The molecule has 0 amide bonds. The minimum atomic E-state index is -0.417. The second kappa shape index (κ2) is 7.75. The van der Waals surface area contributed by atoms with Gasteiger partial charge >= 0.3 is 0 Å². The average Bonchev–Trinajstić information content (AvgIpc) is 2.35. The number of hydrogen-bond acceptors (Lipinski definition) is 2. The fourth-order valence-electron chi connectivity index (χ4n) is 1.70. The first-order chi connectivity index (χ1) is 9.08. The number of nitrogens with one attached hydrogen (secondary N) is 1. The van der Waals surface area contributed by atoms with Crippen LogP contribution in [0.4, 0.5) is 11.4 Å². The van der Waals surface area contributed by atoms with E-state index in [1.807, 2.05) is 24.3 Å². The van der Waals surface area contributed by atoms with Gasteiger partial charge in [0, 0.05) is 12.1 Å². The molecule has 0 heterocycles. The van der Waals surface area contributed by atoms with Crippen LogP contribution >= 0.6 is 47.2 Å². The quantitative estimate of drug-likeness (QED) is 0.741. The third kappa shape index (κ3) is 4.29. The summed E-state index contributed by atoms with van der Waals surface area (Å²) in [6.45, 7) is 0. The Balaban J connectivity index is 0.00000200. The molecule has 2 rings (SSSR count). The predicted molar refractivity (Wildman–Crippen MR) is 88.0 cm³/mol. The third-order valence-corrected chi connectivity index (χ3v) is 3.33. The lowest BCUT2D eigenvalue weighted by molar-refractivity contribution is -0.111. The predicted octanol–water partition coefficient (Wildman–Crippen LogP) is 5.47. The number of para-hydroxylation sites is 2. The summed E-state index contributed by atoms with van der Waals surface area (Å²) in [5.41, 5.74) is 2.16. The Morgan fingerprint density at radius 1 is 1.00 bits per heavy atom. The summed E-state index contributed by atoms with van der Waals surface area (Å²) in [6, 6.07) is 12.6. The summed E-state index contributed by atoms with van der Waals surface area (Å²) in [4.78, 5) is 11.0. The van der Waals surface area contributed by atoms with Crippen LogP contribution in [0.3, 0.4) is 0 Å². The highest BCUT2D eigenvalue weighted by Gasteiger charge is 2.09. The smallest absolute Gasteiger partial charge is 0.226 e. The highest BCUT2D eigenvalue weighted by atomic mass is 35.5. The zero-order valence-corrected chi connectivity index (χ0v) is 13.3. The van der Waals surface area contributed by atoms with Gasteiger partial charge in [0.05, 0.1) is 15.7 Å². The average molecular weight is 351 g/mol. The first-order valence-corrected chi connectivity index (χ1v) is 6.68. The van der Waals surface area contributed by atoms with Gasteiger partial charge in [0.1, 0.15) is 0 Å². The van der Waals surface area contributed by atoms with Crippen molar-refractivity contribution in [2.75, 3.05) is 5.32 Å². The SMILES string of the molecule is Cl.O=C(Cl)Cc1ccccc1Nc1c(Cl)cccc1Cl. The summed E-state index contributed by atoms with van der Waals surface area (Å²) in [6.07, 6.45) is 0.146. The van der Waals surface area contributed by atoms with Gasteiger partial charge in [-0.05, 0) is 35.4 Å². The van der Waals surface area contributed by atoms with E-state index in [0.717, 1.165) is 11.3 Å². The van der Waals surface area contributed by atoms with Crippen molar-refractivity contribution in [3.05, 3.63) is 58.1 Å². The van der Waals surface area contributed by atoms with Crippen molar-refractivity contribution in [3.8, 4) is 0 Å². The fourth-order valence-corrected chi connectivity index (χ4v) is 2.33. The van der Waals surface area contributed by atoms with Gasteiger partial charge in [-0.1, -0.05) is 47.5 Å². The lowest BCUT2D eigenvalue weighted by atomic mass is 10.1. The normalized spacial score (nSPS) is 9.75. The van der Waals surface area contributed by atoms with Gasteiger partial charge in [0.25, 0.3) is 0 Å². The number of carbonyl (C=O) groups excluding carboxylic acids is 1. The highest BCUT2D eigenvalue weighted by Crippen LogP contribution is 2.33. The Hall–Kier alpha value is -0.930. The van der Waals surface area contributed by atoms with E-state index in [-0.39, 0.29) is 18.8 Å². The number of rotatable bonds is 4. The summed E-state index contributed by atoms with van der Waals surface area (Å²) in [5, 5.41) is 3.75. The van der Waals surface area contributed by atoms with Crippen LogP contribution in [0.15, 0.2) is 42.5 Å². The van der Waals surface area contributed by atoms with Gasteiger partial charge in [-0.2, -0.15) is 0 Å². The topological polar surface area (TPSA) is 29.1 Å². The number of benzene rings is 2.